The first-order valence-corrected chi connectivity index (χ1v) is 9.54. The number of ketones is 1. The van der Waals surface area contributed by atoms with Gasteiger partial charge in [0, 0.05) is 42.4 Å². The smallest absolute Gasteiger partial charge is 0.272 e. The highest BCUT2D eigenvalue weighted by molar-refractivity contribution is 6.08. The van der Waals surface area contributed by atoms with E-state index in [1.807, 2.05) is 0 Å². The van der Waals surface area contributed by atoms with Crippen molar-refractivity contribution in [2.24, 2.45) is 0 Å². The van der Waals surface area contributed by atoms with Gasteiger partial charge in [0.25, 0.3) is 5.91 Å². The monoisotopic (exact) mass is 381 g/mol. The Morgan fingerprint density at radius 2 is 2.00 bits per heavy atom. The Labute approximate surface area is 163 Å². The summed E-state index contributed by atoms with van der Waals surface area (Å²) in [6, 6.07) is 5.25. The predicted octanol–water partition coefficient (Wildman–Crippen LogP) is 3.23. The molecule has 2 N–H and O–H groups in total. The van der Waals surface area contributed by atoms with Crippen molar-refractivity contribution < 1.29 is 19.1 Å². The molecule has 146 valence electrons. The fraction of sp³-hybridized carbons (Fsp3) is 0.381. The summed E-state index contributed by atoms with van der Waals surface area (Å²) in [5.74, 6) is 0.403. The standard InChI is InChI=1S/C21H23N3O4/c1-12-19-14(5-3-6-16(19)25)23-20(12)21(27)22-13-8-9-15(17(11-13)28-2)24-10-4-7-18(24)26/h8-9,11,23H,3-7,10H2,1-2H3,(H,22,27). The van der Waals surface area contributed by atoms with Crippen molar-refractivity contribution in [2.45, 2.75) is 39.0 Å². The average molecular weight is 381 g/mol. The number of nitrogens with zero attached hydrogens (tertiary/aromatic N) is 1. The Morgan fingerprint density at radius 1 is 1.18 bits per heavy atom. The van der Waals surface area contributed by atoms with Gasteiger partial charge in [0.05, 0.1) is 12.8 Å². The van der Waals surface area contributed by atoms with Gasteiger partial charge in [-0.15, -0.1) is 0 Å². The van der Waals surface area contributed by atoms with Gasteiger partial charge in [-0.25, -0.2) is 0 Å². The Morgan fingerprint density at radius 3 is 2.68 bits per heavy atom. The quantitative estimate of drug-likeness (QED) is 0.851. The Hall–Kier alpha value is -3.09. The van der Waals surface area contributed by atoms with Crippen LogP contribution in [0.4, 0.5) is 11.4 Å². The second kappa shape index (κ2) is 7.14. The first-order chi connectivity index (χ1) is 13.5. The van der Waals surface area contributed by atoms with Crippen molar-refractivity contribution in [1.29, 1.82) is 0 Å². The molecule has 4 rings (SSSR count). The zero-order valence-corrected chi connectivity index (χ0v) is 16.1. The highest BCUT2D eigenvalue weighted by Crippen LogP contribution is 2.34. The fourth-order valence-electron chi connectivity index (χ4n) is 4.08. The van der Waals surface area contributed by atoms with Crippen LogP contribution >= 0.6 is 0 Å². The minimum Gasteiger partial charge on any atom is -0.494 e. The number of hydrogen-bond donors (Lipinski definition) is 2. The van der Waals surface area contributed by atoms with Gasteiger partial charge < -0.3 is 19.9 Å². The van der Waals surface area contributed by atoms with Crippen molar-refractivity contribution in [3.8, 4) is 5.75 Å². The van der Waals surface area contributed by atoms with E-state index in [1.165, 1.54) is 0 Å². The number of aromatic nitrogens is 1. The molecule has 7 nitrogen and oxygen atoms in total. The van der Waals surface area contributed by atoms with Crippen LogP contribution in [0.5, 0.6) is 5.75 Å². The van der Waals surface area contributed by atoms with E-state index in [0.29, 0.717) is 53.3 Å². The van der Waals surface area contributed by atoms with E-state index in [0.717, 1.165) is 25.0 Å². The molecule has 0 bridgehead atoms. The summed E-state index contributed by atoms with van der Waals surface area (Å²) in [7, 11) is 1.54. The molecule has 1 saturated heterocycles. The van der Waals surface area contributed by atoms with Crippen molar-refractivity contribution in [3.63, 3.8) is 0 Å². The van der Waals surface area contributed by atoms with Crippen molar-refractivity contribution >= 4 is 29.0 Å². The summed E-state index contributed by atoms with van der Waals surface area (Å²) in [5, 5.41) is 2.86. The van der Waals surface area contributed by atoms with Gasteiger partial charge in [-0.2, -0.15) is 0 Å². The number of carbonyl (C=O) groups excluding carboxylic acids is 3. The van der Waals surface area contributed by atoms with E-state index < -0.39 is 0 Å². The number of H-pyrrole nitrogens is 1. The Bertz CT molecular complexity index is 976. The topological polar surface area (TPSA) is 91.5 Å². The molecule has 2 amide bonds. The fourth-order valence-corrected chi connectivity index (χ4v) is 4.08. The number of anilines is 2. The largest absolute Gasteiger partial charge is 0.494 e. The highest BCUT2D eigenvalue weighted by Gasteiger charge is 2.27. The van der Waals surface area contributed by atoms with Crippen LogP contribution in [-0.4, -0.2) is 36.2 Å². The summed E-state index contributed by atoms with van der Waals surface area (Å²) in [4.78, 5) is 41.8. The molecule has 2 aliphatic rings. The number of rotatable bonds is 4. The zero-order valence-electron chi connectivity index (χ0n) is 16.1. The van der Waals surface area contributed by atoms with Crippen molar-refractivity contribution in [2.75, 3.05) is 23.9 Å². The number of hydrogen-bond acceptors (Lipinski definition) is 4. The van der Waals surface area contributed by atoms with E-state index in [2.05, 4.69) is 10.3 Å². The maximum Gasteiger partial charge on any atom is 0.272 e. The molecule has 1 aromatic heterocycles. The normalized spacial score (nSPS) is 16.3. The molecule has 0 radical (unpaired) electrons. The van der Waals surface area contributed by atoms with Crippen molar-refractivity contribution in [1.82, 2.24) is 4.98 Å². The van der Waals surface area contributed by atoms with E-state index in [9.17, 15) is 14.4 Å². The van der Waals surface area contributed by atoms with E-state index in [4.69, 9.17) is 4.74 Å². The molecule has 0 saturated carbocycles. The molecule has 28 heavy (non-hydrogen) atoms. The third-order valence-corrected chi connectivity index (χ3v) is 5.47. The molecule has 0 atom stereocenters. The molecule has 7 heteroatoms. The Balaban J connectivity index is 1.59. The maximum absolute atomic E-state index is 12.8. The van der Waals surface area contributed by atoms with Gasteiger partial charge in [0.2, 0.25) is 5.91 Å². The lowest BCUT2D eigenvalue weighted by atomic mass is 9.94. The summed E-state index contributed by atoms with van der Waals surface area (Å²) in [6.45, 7) is 2.47. The number of carbonyl (C=O) groups is 3. The molecule has 0 spiro atoms. The molecule has 2 heterocycles. The minimum atomic E-state index is -0.299. The van der Waals surface area contributed by atoms with Gasteiger partial charge in [-0.05, 0) is 43.9 Å². The van der Waals surface area contributed by atoms with Gasteiger partial charge >= 0.3 is 0 Å². The summed E-state index contributed by atoms with van der Waals surface area (Å²) in [5.41, 5.74) is 3.90. The number of amides is 2. The number of methoxy groups -OCH3 is 1. The summed E-state index contributed by atoms with van der Waals surface area (Å²) in [6.07, 6.45) is 3.48. The lowest BCUT2D eigenvalue weighted by Crippen LogP contribution is -2.24. The zero-order chi connectivity index (χ0) is 19.8. The number of fused-ring (bicyclic) bond motifs is 1. The van der Waals surface area contributed by atoms with Crippen LogP contribution in [-0.2, 0) is 11.2 Å². The van der Waals surface area contributed by atoms with Crippen LogP contribution in [0.25, 0.3) is 0 Å². The molecule has 2 aromatic rings. The number of aryl methyl sites for hydroxylation is 1. The van der Waals surface area contributed by atoms with Gasteiger partial charge in [0.15, 0.2) is 5.78 Å². The number of aromatic amines is 1. The van der Waals surface area contributed by atoms with Gasteiger partial charge in [-0.3, -0.25) is 14.4 Å². The van der Waals surface area contributed by atoms with Crippen LogP contribution < -0.4 is 15.0 Å². The third-order valence-electron chi connectivity index (χ3n) is 5.47. The van der Waals surface area contributed by atoms with E-state index in [-0.39, 0.29) is 17.6 Å². The molecule has 0 unspecified atom stereocenters. The number of ether oxygens (including phenoxy) is 1. The third kappa shape index (κ3) is 3.06. The van der Waals surface area contributed by atoms with E-state index >= 15 is 0 Å². The molecule has 1 aromatic carbocycles. The molecular weight excluding hydrogens is 358 g/mol. The SMILES string of the molecule is COc1cc(NC(=O)c2[nH]c3c(c2C)C(=O)CCC3)ccc1N1CCCC1=O. The lowest BCUT2D eigenvalue weighted by molar-refractivity contribution is -0.117. The predicted molar refractivity (Wildman–Crippen MR) is 105 cm³/mol. The van der Waals surface area contributed by atoms with Gasteiger partial charge in [0.1, 0.15) is 11.4 Å². The molecule has 1 fully saturated rings. The summed E-state index contributed by atoms with van der Waals surface area (Å²) >= 11 is 0. The van der Waals surface area contributed by atoms with Crippen LogP contribution in [0, 0.1) is 6.92 Å². The van der Waals surface area contributed by atoms with Crippen molar-refractivity contribution in [3.05, 3.63) is 40.7 Å². The van der Waals surface area contributed by atoms with Crippen LogP contribution in [0.1, 0.15) is 57.8 Å². The highest BCUT2D eigenvalue weighted by atomic mass is 16.5. The summed E-state index contributed by atoms with van der Waals surface area (Å²) < 4.78 is 5.44. The second-order valence-corrected chi connectivity index (χ2v) is 7.24. The first kappa shape index (κ1) is 18.3. The minimum absolute atomic E-state index is 0.0762. The second-order valence-electron chi connectivity index (χ2n) is 7.24. The molecule has 1 aliphatic carbocycles. The molecular formula is C21H23N3O4. The Kier molecular flexibility index (Phi) is 4.66. The average Bonchev–Trinajstić information content (AvgIpc) is 3.25. The number of Topliss-reactive ketones (excluding diaryl/α,β-unsaturated/α-hetero) is 1. The van der Waals surface area contributed by atoms with E-state index in [1.54, 1.807) is 37.1 Å². The van der Waals surface area contributed by atoms with Crippen LogP contribution in [0.3, 0.4) is 0 Å². The maximum atomic E-state index is 12.8. The van der Waals surface area contributed by atoms with Gasteiger partial charge in [-0.1, -0.05) is 0 Å². The first-order valence-electron chi connectivity index (χ1n) is 9.54. The van der Waals surface area contributed by atoms with Crippen LogP contribution in [0.15, 0.2) is 18.2 Å². The number of benzene rings is 1. The van der Waals surface area contributed by atoms with Crippen LogP contribution in [0.2, 0.25) is 0 Å². The molecule has 1 aliphatic heterocycles. The number of nitrogens with one attached hydrogen (secondary N) is 2. The lowest BCUT2D eigenvalue weighted by Gasteiger charge is -2.19.